The maximum Gasteiger partial charge on any atom is 0.305 e. The third kappa shape index (κ3) is 8.68. The normalized spacial score (nSPS) is 12.3. The minimum Gasteiger partial charge on any atom is -0.466 e. The second-order valence-corrected chi connectivity index (χ2v) is 4.37. The number of carbonyl (C=O) groups is 2. The highest BCUT2D eigenvalue weighted by Gasteiger charge is 2.12. The van der Waals surface area contributed by atoms with Gasteiger partial charge in [-0.05, 0) is 19.3 Å². The van der Waals surface area contributed by atoms with Crippen LogP contribution in [0, 0.1) is 5.92 Å². The fourth-order valence-electron chi connectivity index (χ4n) is 1.22. The van der Waals surface area contributed by atoms with Gasteiger partial charge >= 0.3 is 5.97 Å². The zero-order valence-corrected chi connectivity index (χ0v) is 11.0. The minimum absolute atomic E-state index is 0.0601. The predicted octanol–water partition coefficient (Wildman–Crippen LogP) is 0.819. The van der Waals surface area contributed by atoms with Crippen molar-refractivity contribution < 1.29 is 14.3 Å². The van der Waals surface area contributed by atoms with Crippen LogP contribution < -0.4 is 11.1 Å². The van der Waals surface area contributed by atoms with Gasteiger partial charge < -0.3 is 15.8 Å². The highest BCUT2D eigenvalue weighted by Crippen LogP contribution is 2.02. The molecule has 0 spiro atoms. The summed E-state index contributed by atoms with van der Waals surface area (Å²) in [5, 5.41) is 2.74. The maximum atomic E-state index is 11.4. The molecule has 100 valence electrons. The molecule has 0 saturated heterocycles. The van der Waals surface area contributed by atoms with E-state index in [1.807, 2.05) is 13.8 Å². The lowest BCUT2D eigenvalue weighted by molar-refractivity contribution is -0.143. The Morgan fingerprint density at radius 1 is 1.35 bits per heavy atom. The van der Waals surface area contributed by atoms with E-state index in [-0.39, 0.29) is 17.9 Å². The highest BCUT2D eigenvalue weighted by molar-refractivity contribution is 5.76. The Balaban J connectivity index is 3.55. The van der Waals surface area contributed by atoms with Crippen LogP contribution >= 0.6 is 0 Å². The van der Waals surface area contributed by atoms with Crippen molar-refractivity contribution in [2.45, 2.75) is 46.1 Å². The Hall–Kier alpha value is -1.10. The average molecular weight is 244 g/mol. The lowest BCUT2D eigenvalue weighted by Crippen LogP contribution is -2.35. The van der Waals surface area contributed by atoms with Crippen LogP contribution in [0.4, 0.5) is 0 Å². The molecule has 1 atom stereocenters. The number of hydrogen-bond donors (Lipinski definition) is 2. The molecule has 0 aliphatic heterocycles. The summed E-state index contributed by atoms with van der Waals surface area (Å²) in [5.74, 6) is 0.0102. The fraction of sp³-hybridized carbons (Fsp3) is 0.833. The molecule has 5 nitrogen and oxygen atoms in total. The first-order valence-electron chi connectivity index (χ1n) is 6.15. The molecule has 0 saturated carbocycles. The van der Waals surface area contributed by atoms with Gasteiger partial charge in [0.2, 0.25) is 5.91 Å². The first-order valence-corrected chi connectivity index (χ1v) is 6.15. The molecule has 1 unspecified atom stereocenters. The van der Waals surface area contributed by atoms with Crippen molar-refractivity contribution >= 4 is 11.9 Å². The van der Waals surface area contributed by atoms with Gasteiger partial charge in [-0.2, -0.15) is 0 Å². The van der Waals surface area contributed by atoms with E-state index >= 15 is 0 Å². The largest absolute Gasteiger partial charge is 0.466 e. The number of amides is 1. The molecule has 0 rings (SSSR count). The molecule has 0 aromatic carbocycles. The van der Waals surface area contributed by atoms with E-state index in [0.29, 0.717) is 38.3 Å². The monoisotopic (exact) mass is 244 g/mol. The van der Waals surface area contributed by atoms with Crippen molar-refractivity contribution in [2.75, 3.05) is 13.2 Å². The van der Waals surface area contributed by atoms with E-state index in [4.69, 9.17) is 10.5 Å². The van der Waals surface area contributed by atoms with E-state index in [1.54, 1.807) is 6.92 Å². The van der Waals surface area contributed by atoms with Crippen molar-refractivity contribution in [3.05, 3.63) is 0 Å². The first kappa shape index (κ1) is 15.9. The first-order chi connectivity index (χ1) is 7.97. The van der Waals surface area contributed by atoms with Crippen LogP contribution in [0.25, 0.3) is 0 Å². The van der Waals surface area contributed by atoms with Gasteiger partial charge in [-0.1, -0.05) is 13.8 Å². The van der Waals surface area contributed by atoms with Gasteiger partial charge in [0.1, 0.15) is 0 Å². The summed E-state index contributed by atoms with van der Waals surface area (Å²) in [6.45, 7) is 6.63. The van der Waals surface area contributed by atoms with Crippen LogP contribution in [-0.2, 0) is 14.3 Å². The lowest BCUT2D eigenvalue weighted by Gasteiger charge is -2.14. The number of carbonyl (C=O) groups excluding carboxylic acids is 2. The number of nitrogens with one attached hydrogen (secondary N) is 1. The number of rotatable bonds is 8. The second kappa shape index (κ2) is 8.98. The smallest absolute Gasteiger partial charge is 0.305 e. The van der Waals surface area contributed by atoms with Gasteiger partial charge in [-0.3, -0.25) is 9.59 Å². The number of nitrogens with two attached hydrogens (primary N) is 1. The van der Waals surface area contributed by atoms with Crippen LogP contribution in [0.2, 0.25) is 0 Å². The molecule has 1 amide bonds. The summed E-state index contributed by atoms with van der Waals surface area (Å²) in [5.41, 5.74) is 5.77. The summed E-state index contributed by atoms with van der Waals surface area (Å²) in [6.07, 6.45) is 1.27. The third-order valence-corrected chi connectivity index (χ3v) is 2.46. The Morgan fingerprint density at radius 3 is 2.53 bits per heavy atom. The van der Waals surface area contributed by atoms with Gasteiger partial charge in [0, 0.05) is 25.4 Å². The van der Waals surface area contributed by atoms with Crippen LogP contribution in [0.15, 0.2) is 0 Å². The molecular formula is C12H24N2O3. The molecule has 0 aromatic rings. The summed E-state index contributed by atoms with van der Waals surface area (Å²) < 4.78 is 4.77. The van der Waals surface area contributed by atoms with Gasteiger partial charge in [0.15, 0.2) is 0 Å². The standard InChI is InChI=1S/C12H24N2O3/c1-4-17-12(16)6-5-7-14-11(15)8-10(13)9(2)3/h9-10H,4-8,13H2,1-3H3,(H,14,15). The van der Waals surface area contributed by atoms with E-state index in [0.717, 1.165) is 0 Å². The molecular weight excluding hydrogens is 220 g/mol. The average Bonchev–Trinajstić information content (AvgIpc) is 2.24. The zero-order chi connectivity index (χ0) is 13.3. The van der Waals surface area contributed by atoms with Gasteiger partial charge in [0.25, 0.3) is 0 Å². The third-order valence-electron chi connectivity index (χ3n) is 2.46. The fourth-order valence-corrected chi connectivity index (χ4v) is 1.22. The topological polar surface area (TPSA) is 81.4 Å². The maximum absolute atomic E-state index is 11.4. The van der Waals surface area contributed by atoms with Crippen molar-refractivity contribution in [3.8, 4) is 0 Å². The molecule has 5 heteroatoms. The number of hydrogen-bond acceptors (Lipinski definition) is 4. The minimum atomic E-state index is -0.222. The van der Waals surface area contributed by atoms with Crippen molar-refractivity contribution in [3.63, 3.8) is 0 Å². The quantitative estimate of drug-likeness (QED) is 0.489. The molecule has 0 aliphatic carbocycles. The second-order valence-electron chi connectivity index (χ2n) is 4.37. The van der Waals surface area contributed by atoms with Crippen molar-refractivity contribution in [1.82, 2.24) is 5.32 Å². The Kier molecular flexibility index (Phi) is 8.40. The SMILES string of the molecule is CCOC(=O)CCCNC(=O)CC(N)C(C)C. The van der Waals surface area contributed by atoms with E-state index in [9.17, 15) is 9.59 Å². The summed E-state index contributed by atoms with van der Waals surface area (Å²) in [7, 11) is 0. The molecule has 0 aliphatic rings. The van der Waals surface area contributed by atoms with Gasteiger partial charge in [0.05, 0.1) is 6.61 Å². The highest BCUT2D eigenvalue weighted by atomic mass is 16.5. The zero-order valence-electron chi connectivity index (χ0n) is 11.0. The lowest BCUT2D eigenvalue weighted by atomic mass is 10.0. The van der Waals surface area contributed by atoms with E-state index in [2.05, 4.69) is 5.32 Å². The Bertz CT molecular complexity index is 242. The summed E-state index contributed by atoms with van der Waals surface area (Å²) in [4.78, 5) is 22.4. The van der Waals surface area contributed by atoms with Crippen LogP contribution in [0.1, 0.15) is 40.0 Å². The molecule has 3 N–H and O–H groups in total. The molecule has 0 radical (unpaired) electrons. The molecule has 17 heavy (non-hydrogen) atoms. The van der Waals surface area contributed by atoms with Crippen LogP contribution in [0.5, 0.6) is 0 Å². The molecule has 0 heterocycles. The molecule has 0 aromatic heterocycles. The molecule has 0 fully saturated rings. The Morgan fingerprint density at radius 2 is 2.00 bits per heavy atom. The Labute approximate surface area is 103 Å². The summed E-state index contributed by atoms with van der Waals surface area (Å²) in [6, 6.07) is -0.111. The van der Waals surface area contributed by atoms with Gasteiger partial charge in [-0.25, -0.2) is 0 Å². The molecule has 0 bridgehead atoms. The van der Waals surface area contributed by atoms with E-state index in [1.165, 1.54) is 0 Å². The van der Waals surface area contributed by atoms with Crippen molar-refractivity contribution in [1.29, 1.82) is 0 Å². The van der Waals surface area contributed by atoms with E-state index < -0.39 is 0 Å². The van der Waals surface area contributed by atoms with Crippen molar-refractivity contribution in [2.24, 2.45) is 11.7 Å². The van der Waals surface area contributed by atoms with Gasteiger partial charge in [-0.15, -0.1) is 0 Å². The van der Waals surface area contributed by atoms with Crippen LogP contribution in [0.3, 0.4) is 0 Å². The van der Waals surface area contributed by atoms with Crippen LogP contribution in [-0.4, -0.2) is 31.1 Å². The summed E-state index contributed by atoms with van der Waals surface area (Å²) >= 11 is 0. The number of ether oxygens (including phenoxy) is 1. The predicted molar refractivity (Wildman–Crippen MR) is 66.3 cm³/mol. The number of esters is 1.